The first-order chi connectivity index (χ1) is 15.6. The van der Waals surface area contributed by atoms with Crippen molar-refractivity contribution in [3.63, 3.8) is 0 Å². The highest BCUT2D eigenvalue weighted by Gasteiger charge is 2.30. The van der Waals surface area contributed by atoms with Crippen LogP contribution in [-0.4, -0.2) is 11.1 Å². The van der Waals surface area contributed by atoms with Gasteiger partial charge in [-0.1, -0.05) is 24.3 Å². The van der Waals surface area contributed by atoms with Gasteiger partial charge in [0.25, 0.3) is 0 Å². The normalized spacial score (nSPS) is 14.5. The maximum atomic E-state index is 13.8. The topological polar surface area (TPSA) is 46.5 Å². The number of aliphatic carboxylic acids is 1. The molecule has 0 saturated carbocycles. The van der Waals surface area contributed by atoms with E-state index in [9.17, 15) is 27.5 Å². The first kappa shape index (κ1) is 22.3. The van der Waals surface area contributed by atoms with Crippen LogP contribution in [0.5, 0.6) is 11.5 Å². The molecule has 0 aromatic heterocycles. The zero-order chi connectivity index (χ0) is 23.8. The Bertz CT molecular complexity index is 1290. The minimum Gasteiger partial charge on any atom is -0.481 e. The molecule has 0 radical (unpaired) electrons. The van der Waals surface area contributed by atoms with Crippen molar-refractivity contribution < 1.29 is 32.2 Å². The summed E-state index contributed by atoms with van der Waals surface area (Å²) in [5.41, 5.74) is 3.38. The number of hydrogen-bond donors (Lipinski definition) is 1. The van der Waals surface area contributed by atoms with Crippen molar-refractivity contribution in [3.05, 3.63) is 100 Å². The van der Waals surface area contributed by atoms with Gasteiger partial charge in [-0.05, 0) is 88.9 Å². The average Bonchev–Trinajstić information content (AvgIpc) is 2.99. The summed E-state index contributed by atoms with van der Waals surface area (Å²) >= 11 is 0. The van der Waals surface area contributed by atoms with Crippen molar-refractivity contribution in [2.24, 2.45) is 0 Å². The molecule has 0 unspecified atom stereocenters. The predicted molar refractivity (Wildman–Crippen MR) is 117 cm³/mol. The van der Waals surface area contributed by atoms with Crippen LogP contribution in [0.3, 0.4) is 0 Å². The van der Waals surface area contributed by atoms with Gasteiger partial charge >= 0.3 is 12.1 Å². The van der Waals surface area contributed by atoms with Gasteiger partial charge in [0, 0.05) is 0 Å². The van der Waals surface area contributed by atoms with Crippen LogP contribution in [0.2, 0.25) is 0 Å². The van der Waals surface area contributed by atoms with Crippen molar-refractivity contribution in [1.82, 2.24) is 0 Å². The number of carboxylic acid groups (broad SMARTS) is 1. The van der Waals surface area contributed by atoms with Crippen LogP contribution in [-0.2, 0) is 11.0 Å². The summed E-state index contributed by atoms with van der Waals surface area (Å²) in [5, 5.41) is 9.25. The van der Waals surface area contributed by atoms with E-state index in [1.54, 1.807) is 37.3 Å². The predicted octanol–water partition coefficient (Wildman–Crippen LogP) is 7.44. The van der Waals surface area contributed by atoms with Crippen molar-refractivity contribution in [3.8, 4) is 11.5 Å². The largest absolute Gasteiger partial charge is 0.481 e. The molecule has 0 saturated heterocycles. The van der Waals surface area contributed by atoms with Gasteiger partial charge in [-0.2, -0.15) is 13.2 Å². The molecule has 3 aromatic carbocycles. The van der Waals surface area contributed by atoms with Crippen molar-refractivity contribution in [1.29, 1.82) is 0 Å². The molecule has 3 nitrogen and oxygen atoms in total. The van der Waals surface area contributed by atoms with Gasteiger partial charge < -0.3 is 9.84 Å². The van der Waals surface area contributed by atoms with E-state index in [4.69, 9.17) is 4.74 Å². The molecule has 7 heteroatoms. The SMILES string of the molecule is CC1=C(CC(=O)O)c2cc(F)ccc2/C1=C\c1ccc(Oc2cccc(C(F)(F)F)c2)cc1. The van der Waals surface area contributed by atoms with Crippen LogP contribution in [0.4, 0.5) is 17.6 Å². The first-order valence-corrected chi connectivity index (χ1v) is 10.0. The number of carboxylic acids is 1. The minimum absolute atomic E-state index is 0.0692. The van der Waals surface area contributed by atoms with E-state index < -0.39 is 23.5 Å². The van der Waals surface area contributed by atoms with E-state index in [-0.39, 0.29) is 12.2 Å². The van der Waals surface area contributed by atoms with E-state index in [2.05, 4.69) is 0 Å². The fourth-order valence-electron chi connectivity index (χ4n) is 3.80. The number of fused-ring (bicyclic) bond motifs is 1. The number of carbonyl (C=O) groups is 1. The highest BCUT2D eigenvalue weighted by molar-refractivity contribution is 6.07. The standard InChI is InChI=1S/C26H18F4O3/c1-15-22(21-10-7-18(27)13-24(21)23(15)14-25(31)32)11-16-5-8-19(9-6-16)33-20-4-2-3-17(12-20)26(28,29)30/h2-13H,14H2,1H3,(H,31,32)/b22-11-. The third-order valence-electron chi connectivity index (χ3n) is 5.37. The number of ether oxygens (including phenoxy) is 1. The van der Waals surface area contributed by atoms with Gasteiger partial charge in [0.05, 0.1) is 12.0 Å². The second-order valence-electron chi connectivity index (χ2n) is 7.62. The number of halogens is 4. The molecule has 33 heavy (non-hydrogen) atoms. The number of rotatable bonds is 5. The van der Waals surface area contributed by atoms with Gasteiger partial charge in [0.2, 0.25) is 0 Å². The Balaban J connectivity index is 1.62. The monoisotopic (exact) mass is 454 g/mol. The molecule has 168 valence electrons. The van der Waals surface area contributed by atoms with E-state index in [0.717, 1.165) is 34.4 Å². The molecule has 4 rings (SSSR count). The van der Waals surface area contributed by atoms with E-state index >= 15 is 0 Å². The van der Waals surface area contributed by atoms with Crippen LogP contribution >= 0.6 is 0 Å². The van der Waals surface area contributed by atoms with E-state index in [1.807, 2.05) is 6.08 Å². The number of benzene rings is 3. The van der Waals surface area contributed by atoms with Crippen LogP contribution in [0.15, 0.2) is 72.3 Å². The molecule has 0 bridgehead atoms. The van der Waals surface area contributed by atoms with E-state index in [0.29, 0.717) is 16.9 Å². The summed E-state index contributed by atoms with van der Waals surface area (Å²) in [4.78, 5) is 11.3. The Kier molecular flexibility index (Phi) is 5.80. The van der Waals surface area contributed by atoms with Crippen LogP contribution in [0, 0.1) is 5.82 Å². The van der Waals surface area contributed by atoms with Gasteiger partial charge in [-0.15, -0.1) is 0 Å². The first-order valence-electron chi connectivity index (χ1n) is 10.0. The van der Waals surface area contributed by atoms with Gasteiger partial charge in [-0.25, -0.2) is 4.39 Å². The third kappa shape index (κ3) is 4.82. The molecule has 1 N–H and O–H groups in total. The molecule has 0 heterocycles. The summed E-state index contributed by atoms with van der Waals surface area (Å²) in [6.45, 7) is 1.80. The maximum absolute atomic E-state index is 13.8. The van der Waals surface area contributed by atoms with E-state index in [1.165, 1.54) is 24.3 Å². The lowest BCUT2D eigenvalue weighted by molar-refractivity contribution is -0.138. The molecule has 1 aliphatic carbocycles. The lowest BCUT2D eigenvalue weighted by atomic mass is 10.0. The number of allylic oxidation sites excluding steroid dienone is 2. The number of hydrogen-bond acceptors (Lipinski definition) is 2. The quantitative estimate of drug-likeness (QED) is 0.408. The Hall–Kier alpha value is -3.87. The summed E-state index contributed by atoms with van der Waals surface area (Å²) in [6, 6.07) is 15.7. The molecule has 3 aromatic rings. The molecule has 0 atom stereocenters. The molecular weight excluding hydrogens is 436 g/mol. The van der Waals surface area contributed by atoms with Crippen LogP contribution < -0.4 is 4.74 Å². The molecule has 1 aliphatic rings. The molecular formula is C26H18F4O3. The zero-order valence-electron chi connectivity index (χ0n) is 17.4. The molecule has 0 spiro atoms. The zero-order valence-corrected chi connectivity index (χ0v) is 17.4. The maximum Gasteiger partial charge on any atom is 0.416 e. The van der Waals surface area contributed by atoms with Crippen molar-refractivity contribution in [2.75, 3.05) is 0 Å². The third-order valence-corrected chi connectivity index (χ3v) is 5.37. The van der Waals surface area contributed by atoms with Gasteiger partial charge in [0.1, 0.15) is 17.3 Å². The van der Waals surface area contributed by atoms with Crippen molar-refractivity contribution in [2.45, 2.75) is 19.5 Å². The van der Waals surface area contributed by atoms with Gasteiger partial charge in [-0.3, -0.25) is 4.79 Å². The lowest BCUT2D eigenvalue weighted by Crippen LogP contribution is -2.04. The highest BCUT2D eigenvalue weighted by atomic mass is 19.4. The van der Waals surface area contributed by atoms with Gasteiger partial charge in [0.15, 0.2) is 0 Å². The summed E-state index contributed by atoms with van der Waals surface area (Å²) in [6.07, 6.45) is -2.82. The Morgan fingerprint density at radius 2 is 1.70 bits per heavy atom. The van der Waals surface area contributed by atoms with Crippen LogP contribution in [0.25, 0.3) is 17.2 Å². The minimum atomic E-state index is -4.46. The van der Waals surface area contributed by atoms with Crippen LogP contribution in [0.1, 0.15) is 35.6 Å². The Morgan fingerprint density at radius 1 is 0.970 bits per heavy atom. The molecule has 0 amide bonds. The fraction of sp³-hybridized carbons (Fsp3) is 0.115. The second kappa shape index (κ2) is 8.58. The summed E-state index contributed by atoms with van der Waals surface area (Å²) in [5.74, 6) is -1.01. The summed E-state index contributed by atoms with van der Waals surface area (Å²) in [7, 11) is 0. The summed E-state index contributed by atoms with van der Waals surface area (Å²) < 4.78 is 58.0. The average molecular weight is 454 g/mol. The Morgan fingerprint density at radius 3 is 2.36 bits per heavy atom. The van der Waals surface area contributed by atoms with Crippen molar-refractivity contribution >= 4 is 23.2 Å². The fourth-order valence-corrected chi connectivity index (χ4v) is 3.80. The Labute approximate surface area is 187 Å². The smallest absolute Gasteiger partial charge is 0.416 e. The molecule has 0 aliphatic heterocycles. The highest BCUT2D eigenvalue weighted by Crippen LogP contribution is 2.44. The molecule has 0 fully saturated rings. The number of alkyl halides is 3. The lowest BCUT2D eigenvalue weighted by Gasteiger charge is -2.10. The second-order valence-corrected chi connectivity index (χ2v) is 7.62.